The fourth-order valence-corrected chi connectivity index (χ4v) is 3.55. The van der Waals surface area contributed by atoms with Crippen LogP contribution in [0, 0.1) is 12.7 Å². The van der Waals surface area contributed by atoms with Gasteiger partial charge in [-0.1, -0.05) is 6.92 Å². The summed E-state index contributed by atoms with van der Waals surface area (Å²) in [4.78, 5) is 25.7. The molecule has 0 N–H and O–H groups in total. The second-order valence-corrected chi connectivity index (χ2v) is 7.67. The average Bonchev–Trinajstić information content (AvgIpc) is 3.02. The maximum atomic E-state index is 14.5. The number of methoxy groups -OCH3 is 1. The first-order valence-electron chi connectivity index (χ1n) is 10.3. The van der Waals surface area contributed by atoms with E-state index in [1.807, 2.05) is 6.92 Å². The number of carbonyl (C=O) groups excluding carboxylic acids is 2. The number of alkyl halides is 3. The molecule has 9 heteroatoms. The number of aromatic nitrogens is 1. The minimum atomic E-state index is -4.54. The highest BCUT2D eigenvalue weighted by molar-refractivity contribution is 6.05. The number of nitrogens with zero attached hydrogens (tertiary/aromatic N) is 1. The minimum Gasteiger partial charge on any atom is -0.494 e. The highest BCUT2D eigenvalue weighted by atomic mass is 19.4. The number of rotatable bonds is 6. The Balaban J connectivity index is 2.13. The molecule has 0 bridgehead atoms. The lowest BCUT2D eigenvalue weighted by Crippen LogP contribution is -2.17. The zero-order chi connectivity index (χ0) is 24.5. The van der Waals surface area contributed by atoms with Gasteiger partial charge in [0.05, 0.1) is 30.7 Å². The van der Waals surface area contributed by atoms with E-state index in [0.29, 0.717) is 23.1 Å². The topological polar surface area (TPSA) is 57.5 Å². The first-order chi connectivity index (χ1) is 15.5. The van der Waals surface area contributed by atoms with Crippen molar-refractivity contribution >= 4 is 22.8 Å². The van der Waals surface area contributed by atoms with Gasteiger partial charge in [-0.2, -0.15) is 13.2 Å². The van der Waals surface area contributed by atoms with E-state index in [9.17, 15) is 27.2 Å². The molecule has 1 aromatic heterocycles. The van der Waals surface area contributed by atoms with Gasteiger partial charge < -0.3 is 9.47 Å². The molecular formula is C24H23F4NO4. The van der Waals surface area contributed by atoms with E-state index in [-0.39, 0.29) is 29.4 Å². The van der Waals surface area contributed by atoms with E-state index >= 15 is 0 Å². The smallest absolute Gasteiger partial charge is 0.416 e. The molecule has 3 rings (SSSR count). The first kappa shape index (κ1) is 24.3. The molecule has 33 heavy (non-hydrogen) atoms. The Morgan fingerprint density at radius 1 is 1.12 bits per heavy atom. The van der Waals surface area contributed by atoms with Gasteiger partial charge >= 0.3 is 12.1 Å². The van der Waals surface area contributed by atoms with E-state index < -0.39 is 29.4 Å². The third-order valence-corrected chi connectivity index (χ3v) is 5.50. The Morgan fingerprint density at radius 3 is 2.30 bits per heavy atom. The number of benzene rings is 2. The summed E-state index contributed by atoms with van der Waals surface area (Å²) in [6.07, 6.45) is -4.39. The fraction of sp³-hybridized carbons (Fsp3) is 0.333. The van der Waals surface area contributed by atoms with Crippen molar-refractivity contribution in [2.24, 2.45) is 0 Å². The van der Waals surface area contributed by atoms with Crippen LogP contribution in [0.25, 0.3) is 10.9 Å². The zero-order valence-electron chi connectivity index (χ0n) is 18.5. The first-order valence-corrected chi connectivity index (χ1v) is 10.3. The summed E-state index contributed by atoms with van der Waals surface area (Å²) in [7, 11) is 1.29. The summed E-state index contributed by atoms with van der Waals surface area (Å²) < 4.78 is 64.7. The molecule has 0 radical (unpaired) electrons. The molecule has 0 spiro atoms. The molecule has 0 fully saturated rings. The monoisotopic (exact) mass is 465 g/mol. The van der Waals surface area contributed by atoms with Crippen molar-refractivity contribution in [3.8, 4) is 5.75 Å². The van der Waals surface area contributed by atoms with E-state index in [0.717, 1.165) is 30.3 Å². The summed E-state index contributed by atoms with van der Waals surface area (Å²) >= 11 is 0. The third kappa shape index (κ3) is 4.86. The van der Waals surface area contributed by atoms with Gasteiger partial charge in [0.2, 0.25) is 0 Å². The number of halogens is 4. The molecule has 2 aromatic carbocycles. The minimum absolute atomic E-state index is 0.0204. The Bertz CT molecular complexity index is 1200. The summed E-state index contributed by atoms with van der Waals surface area (Å²) in [5, 5.41) is 0.409. The van der Waals surface area contributed by atoms with Crippen molar-refractivity contribution in [3.05, 3.63) is 64.6 Å². The Hall–Kier alpha value is -3.36. The molecule has 0 saturated carbocycles. The van der Waals surface area contributed by atoms with E-state index in [1.54, 1.807) is 13.8 Å². The van der Waals surface area contributed by atoms with Crippen molar-refractivity contribution in [2.75, 3.05) is 7.11 Å². The number of esters is 1. The number of hydrogen-bond acceptors (Lipinski definition) is 4. The standard InChI is InChI=1S/C24H23F4NO4/c1-5-13(2)33-22(30)11-17-14(3)29(20-12-19(25)21(32-4)10-18(17)20)23(31)15-6-8-16(9-7-15)24(26,27)28/h6-10,12-13H,5,11H2,1-4H3/t13-/m0/s1. The number of hydrogen-bond donors (Lipinski definition) is 0. The van der Waals surface area contributed by atoms with E-state index in [4.69, 9.17) is 9.47 Å². The number of fused-ring (bicyclic) bond motifs is 1. The van der Waals surface area contributed by atoms with Crippen molar-refractivity contribution in [1.82, 2.24) is 4.57 Å². The molecule has 176 valence electrons. The van der Waals surface area contributed by atoms with Gasteiger partial charge in [0, 0.05) is 22.7 Å². The summed E-state index contributed by atoms with van der Waals surface area (Å²) in [5.41, 5.74) is 0.0490. The predicted molar refractivity (Wildman–Crippen MR) is 114 cm³/mol. The van der Waals surface area contributed by atoms with Crippen LogP contribution in [0.1, 0.15) is 47.4 Å². The number of ether oxygens (including phenoxy) is 2. The molecule has 0 aliphatic rings. The molecule has 0 saturated heterocycles. The maximum absolute atomic E-state index is 14.5. The Morgan fingerprint density at radius 2 is 1.76 bits per heavy atom. The van der Waals surface area contributed by atoms with E-state index in [2.05, 4.69) is 0 Å². The van der Waals surface area contributed by atoms with E-state index in [1.165, 1.54) is 17.7 Å². The SMILES string of the molecule is CC[C@H](C)OC(=O)Cc1c(C)n(C(=O)c2ccc(C(F)(F)F)cc2)c2cc(F)c(OC)cc12. The lowest BCUT2D eigenvalue weighted by Gasteiger charge is -2.11. The molecule has 0 aliphatic heterocycles. The van der Waals surface area contributed by atoms with Gasteiger partial charge in [0.15, 0.2) is 11.6 Å². The Kier molecular flexibility index (Phi) is 6.81. The molecule has 3 aromatic rings. The number of carbonyl (C=O) groups is 2. The van der Waals surface area contributed by atoms with Gasteiger partial charge in [-0.25, -0.2) is 4.39 Å². The normalized spacial score (nSPS) is 12.6. The highest BCUT2D eigenvalue weighted by Crippen LogP contribution is 2.33. The fourth-order valence-electron chi connectivity index (χ4n) is 3.55. The zero-order valence-corrected chi connectivity index (χ0v) is 18.5. The van der Waals surface area contributed by atoms with Gasteiger partial charge in [-0.3, -0.25) is 14.2 Å². The van der Waals surface area contributed by atoms with Crippen LogP contribution in [-0.4, -0.2) is 29.7 Å². The molecule has 5 nitrogen and oxygen atoms in total. The quantitative estimate of drug-likeness (QED) is 0.347. The molecule has 0 aliphatic carbocycles. The molecule has 0 amide bonds. The molecule has 0 unspecified atom stereocenters. The second kappa shape index (κ2) is 9.25. The van der Waals surface area contributed by atoms with Crippen molar-refractivity contribution in [2.45, 2.75) is 45.9 Å². The van der Waals surface area contributed by atoms with Crippen molar-refractivity contribution in [3.63, 3.8) is 0 Å². The van der Waals surface area contributed by atoms with Crippen LogP contribution in [0.4, 0.5) is 17.6 Å². The van der Waals surface area contributed by atoms with Crippen LogP contribution in [0.5, 0.6) is 5.75 Å². The predicted octanol–water partition coefficient (Wildman–Crippen LogP) is 5.69. The second-order valence-electron chi connectivity index (χ2n) is 7.67. The third-order valence-electron chi connectivity index (χ3n) is 5.50. The van der Waals surface area contributed by atoms with Gasteiger partial charge in [-0.05, 0) is 56.2 Å². The Labute approximate surface area is 187 Å². The van der Waals surface area contributed by atoms with Crippen LogP contribution in [-0.2, 0) is 22.1 Å². The lowest BCUT2D eigenvalue weighted by molar-refractivity contribution is -0.147. The molecule has 1 heterocycles. The van der Waals surface area contributed by atoms with Crippen molar-refractivity contribution in [1.29, 1.82) is 0 Å². The van der Waals surface area contributed by atoms with Crippen LogP contribution in [0.2, 0.25) is 0 Å². The largest absolute Gasteiger partial charge is 0.494 e. The lowest BCUT2D eigenvalue weighted by atomic mass is 10.1. The van der Waals surface area contributed by atoms with Gasteiger partial charge in [0.1, 0.15) is 0 Å². The average molecular weight is 465 g/mol. The van der Waals surface area contributed by atoms with Crippen LogP contribution >= 0.6 is 0 Å². The van der Waals surface area contributed by atoms with Crippen LogP contribution in [0.15, 0.2) is 36.4 Å². The highest BCUT2D eigenvalue weighted by Gasteiger charge is 2.31. The maximum Gasteiger partial charge on any atom is 0.416 e. The van der Waals surface area contributed by atoms with Crippen LogP contribution in [0.3, 0.4) is 0 Å². The van der Waals surface area contributed by atoms with Crippen molar-refractivity contribution < 1.29 is 36.6 Å². The molecule has 1 atom stereocenters. The summed E-state index contributed by atoms with van der Waals surface area (Å²) in [6.45, 7) is 5.20. The van der Waals surface area contributed by atoms with Gasteiger partial charge in [-0.15, -0.1) is 0 Å². The summed E-state index contributed by atoms with van der Waals surface area (Å²) in [5.74, 6) is -1.97. The summed E-state index contributed by atoms with van der Waals surface area (Å²) in [6, 6.07) is 6.23. The van der Waals surface area contributed by atoms with Crippen LogP contribution < -0.4 is 4.74 Å². The molecular weight excluding hydrogens is 442 g/mol. The van der Waals surface area contributed by atoms with Gasteiger partial charge in [0.25, 0.3) is 5.91 Å².